The maximum Gasteiger partial charge on any atom is 0.137 e. The lowest BCUT2D eigenvalue weighted by Gasteiger charge is -2.08. The Kier molecular flexibility index (Phi) is 6.45. The van der Waals surface area contributed by atoms with Gasteiger partial charge in [-0.3, -0.25) is 4.21 Å². The van der Waals surface area contributed by atoms with E-state index in [2.05, 4.69) is 19.9 Å². The standard InChI is InChI=1S/C14H19NO2S/c1-12(2)11-18(16)9-5-8-17-14-7-4-3-6-13(14)10-15/h3-4,6-7,12H,5,8-9,11H2,1-2H3. The van der Waals surface area contributed by atoms with Crippen LogP contribution < -0.4 is 4.74 Å². The van der Waals surface area contributed by atoms with E-state index in [4.69, 9.17) is 10.00 Å². The molecule has 0 aliphatic rings. The predicted molar refractivity (Wildman–Crippen MR) is 74.0 cm³/mol. The second kappa shape index (κ2) is 7.88. The molecule has 0 saturated heterocycles. The summed E-state index contributed by atoms with van der Waals surface area (Å²) < 4.78 is 17.1. The monoisotopic (exact) mass is 265 g/mol. The fourth-order valence-corrected chi connectivity index (χ4v) is 2.89. The molecule has 0 radical (unpaired) electrons. The molecule has 98 valence electrons. The Morgan fingerprint density at radius 1 is 1.39 bits per heavy atom. The minimum atomic E-state index is -0.760. The van der Waals surface area contributed by atoms with Gasteiger partial charge >= 0.3 is 0 Å². The Bertz CT molecular complexity index is 438. The normalized spacial score (nSPS) is 12.1. The van der Waals surface area contributed by atoms with Crippen molar-refractivity contribution in [3.63, 3.8) is 0 Å². The van der Waals surface area contributed by atoms with Crippen LogP contribution in [0.1, 0.15) is 25.8 Å². The number of benzene rings is 1. The average Bonchev–Trinajstić information content (AvgIpc) is 2.34. The fourth-order valence-electron chi connectivity index (χ4n) is 1.54. The van der Waals surface area contributed by atoms with Crippen molar-refractivity contribution in [3.8, 4) is 11.8 Å². The van der Waals surface area contributed by atoms with Gasteiger partial charge in [0.15, 0.2) is 0 Å². The third-order valence-corrected chi connectivity index (χ3v) is 4.08. The van der Waals surface area contributed by atoms with Gasteiger partial charge in [-0.1, -0.05) is 26.0 Å². The average molecular weight is 265 g/mol. The highest BCUT2D eigenvalue weighted by atomic mass is 32.2. The molecule has 0 spiro atoms. The highest BCUT2D eigenvalue weighted by molar-refractivity contribution is 7.84. The number of nitrogens with zero attached hydrogens (tertiary/aromatic N) is 1. The summed E-state index contributed by atoms with van der Waals surface area (Å²) in [4.78, 5) is 0. The maximum atomic E-state index is 11.6. The molecule has 4 heteroatoms. The van der Waals surface area contributed by atoms with Crippen molar-refractivity contribution in [1.29, 1.82) is 5.26 Å². The molecule has 0 heterocycles. The van der Waals surface area contributed by atoms with Gasteiger partial charge in [0.2, 0.25) is 0 Å². The van der Waals surface area contributed by atoms with Gasteiger partial charge in [-0.2, -0.15) is 5.26 Å². The summed E-state index contributed by atoms with van der Waals surface area (Å²) in [6.07, 6.45) is 0.749. The fraction of sp³-hybridized carbons (Fsp3) is 0.500. The first-order valence-corrected chi connectivity index (χ1v) is 7.59. The first kappa shape index (κ1) is 14.7. The van der Waals surface area contributed by atoms with Crippen molar-refractivity contribution in [2.24, 2.45) is 5.92 Å². The molecule has 1 aromatic carbocycles. The van der Waals surface area contributed by atoms with E-state index in [9.17, 15) is 4.21 Å². The lowest BCUT2D eigenvalue weighted by Crippen LogP contribution is -2.11. The van der Waals surface area contributed by atoms with Gasteiger partial charge in [0.05, 0.1) is 12.2 Å². The molecule has 0 N–H and O–H groups in total. The van der Waals surface area contributed by atoms with E-state index in [1.165, 1.54) is 0 Å². The van der Waals surface area contributed by atoms with Gasteiger partial charge < -0.3 is 4.74 Å². The van der Waals surface area contributed by atoms with Crippen molar-refractivity contribution in [1.82, 2.24) is 0 Å². The summed E-state index contributed by atoms with van der Waals surface area (Å²) >= 11 is 0. The molecule has 3 nitrogen and oxygen atoms in total. The molecule has 0 aromatic heterocycles. The molecule has 0 fully saturated rings. The largest absolute Gasteiger partial charge is 0.492 e. The van der Waals surface area contributed by atoms with Crippen LogP contribution in [0.2, 0.25) is 0 Å². The Hall–Kier alpha value is -1.34. The van der Waals surface area contributed by atoms with E-state index in [1.807, 2.05) is 12.1 Å². The molecule has 0 saturated carbocycles. The van der Waals surface area contributed by atoms with Crippen LogP contribution in [0.5, 0.6) is 5.75 Å². The van der Waals surface area contributed by atoms with Crippen molar-refractivity contribution in [2.45, 2.75) is 20.3 Å². The summed E-state index contributed by atoms with van der Waals surface area (Å²) in [5.74, 6) is 2.47. The summed E-state index contributed by atoms with van der Waals surface area (Å²) in [6, 6.07) is 9.25. The molecule has 1 atom stereocenters. The maximum absolute atomic E-state index is 11.6. The smallest absolute Gasteiger partial charge is 0.137 e. The van der Waals surface area contributed by atoms with Crippen LogP contribution in [0.4, 0.5) is 0 Å². The lowest BCUT2D eigenvalue weighted by molar-refractivity contribution is 0.317. The predicted octanol–water partition coefficient (Wildman–Crippen LogP) is 2.73. The van der Waals surface area contributed by atoms with Gasteiger partial charge in [-0.05, 0) is 24.5 Å². The van der Waals surface area contributed by atoms with Gasteiger partial charge in [0.25, 0.3) is 0 Å². The molecular weight excluding hydrogens is 246 g/mol. The summed E-state index contributed by atoms with van der Waals surface area (Å²) in [7, 11) is -0.760. The van der Waals surface area contributed by atoms with Crippen LogP contribution in [0.25, 0.3) is 0 Å². The van der Waals surface area contributed by atoms with E-state index < -0.39 is 10.8 Å². The van der Waals surface area contributed by atoms with E-state index in [0.717, 1.165) is 12.2 Å². The summed E-state index contributed by atoms with van der Waals surface area (Å²) in [5, 5.41) is 8.88. The molecule has 0 bridgehead atoms. The van der Waals surface area contributed by atoms with Crippen LogP contribution >= 0.6 is 0 Å². The number of para-hydroxylation sites is 1. The first-order valence-electron chi connectivity index (χ1n) is 6.10. The third kappa shape index (κ3) is 5.33. The summed E-state index contributed by atoms with van der Waals surface area (Å²) in [6.45, 7) is 4.64. The van der Waals surface area contributed by atoms with Gasteiger partial charge in [0.1, 0.15) is 11.8 Å². The Morgan fingerprint density at radius 3 is 2.78 bits per heavy atom. The lowest BCUT2D eigenvalue weighted by atomic mass is 10.2. The van der Waals surface area contributed by atoms with Gasteiger partial charge in [0, 0.05) is 22.3 Å². The second-order valence-electron chi connectivity index (χ2n) is 4.51. The van der Waals surface area contributed by atoms with Crippen molar-refractivity contribution in [2.75, 3.05) is 18.1 Å². The summed E-state index contributed by atoms with van der Waals surface area (Å²) in [5.41, 5.74) is 0.542. The molecule has 0 aliphatic heterocycles. The van der Waals surface area contributed by atoms with Crippen molar-refractivity contribution >= 4 is 10.8 Å². The topological polar surface area (TPSA) is 50.1 Å². The quantitative estimate of drug-likeness (QED) is 0.712. The first-order chi connectivity index (χ1) is 8.63. The van der Waals surface area contributed by atoms with Crippen molar-refractivity contribution < 1.29 is 8.95 Å². The minimum absolute atomic E-state index is 0.464. The van der Waals surface area contributed by atoms with E-state index in [1.54, 1.807) is 12.1 Å². The minimum Gasteiger partial charge on any atom is -0.492 e. The van der Waals surface area contributed by atoms with Crippen LogP contribution in [-0.4, -0.2) is 22.3 Å². The molecule has 0 aliphatic carbocycles. The highest BCUT2D eigenvalue weighted by Gasteiger charge is 2.04. The number of ether oxygens (including phenoxy) is 1. The molecule has 1 rings (SSSR count). The number of hydrogen-bond donors (Lipinski definition) is 0. The van der Waals surface area contributed by atoms with Crippen LogP contribution in [0.15, 0.2) is 24.3 Å². The zero-order chi connectivity index (χ0) is 13.4. The third-order valence-electron chi connectivity index (χ3n) is 2.30. The van der Waals surface area contributed by atoms with Crippen LogP contribution in [-0.2, 0) is 10.8 Å². The van der Waals surface area contributed by atoms with Gasteiger partial charge in [-0.25, -0.2) is 0 Å². The number of rotatable bonds is 7. The highest BCUT2D eigenvalue weighted by Crippen LogP contribution is 2.16. The molecule has 0 amide bonds. The molecule has 1 unspecified atom stereocenters. The zero-order valence-electron chi connectivity index (χ0n) is 10.9. The second-order valence-corrected chi connectivity index (χ2v) is 6.14. The van der Waals surface area contributed by atoms with E-state index in [-0.39, 0.29) is 0 Å². The molecule has 1 aromatic rings. The number of nitriles is 1. The van der Waals surface area contributed by atoms with Crippen LogP contribution in [0, 0.1) is 17.2 Å². The zero-order valence-corrected chi connectivity index (χ0v) is 11.7. The van der Waals surface area contributed by atoms with Gasteiger partial charge in [-0.15, -0.1) is 0 Å². The molecule has 18 heavy (non-hydrogen) atoms. The van der Waals surface area contributed by atoms with E-state index >= 15 is 0 Å². The van der Waals surface area contributed by atoms with Crippen LogP contribution in [0.3, 0.4) is 0 Å². The Labute approximate surface area is 111 Å². The van der Waals surface area contributed by atoms with E-state index in [0.29, 0.717) is 29.6 Å². The molecular formula is C14H19NO2S. The SMILES string of the molecule is CC(C)CS(=O)CCCOc1ccccc1C#N. The Morgan fingerprint density at radius 2 is 2.11 bits per heavy atom. The number of hydrogen-bond acceptors (Lipinski definition) is 3. The van der Waals surface area contributed by atoms with Crippen molar-refractivity contribution in [3.05, 3.63) is 29.8 Å². The Balaban J connectivity index is 2.30.